The lowest BCUT2D eigenvalue weighted by Gasteiger charge is -2.31. The molecule has 2 fully saturated rings. The molecule has 1 aromatic heterocycles. The summed E-state index contributed by atoms with van der Waals surface area (Å²) in [5.74, 6) is 1.30. The number of fused-ring (bicyclic) bond motifs is 2. The zero-order valence-corrected chi connectivity index (χ0v) is 14.7. The zero-order chi connectivity index (χ0) is 17.6. The van der Waals surface area contributed by atoms with Gasteiger partial charge in [-0.05, 0) is 30.7 Å². The van der Waals surface area contributed by atoms with E-state index in [2.05, 4.69) is 10.2 Å². The van der Waals surface area contributed by atoms with Gasteiger partial charge in [-0.2, -0.15) is 5.10 Å². The number of hydrogen-bond acceptors (Lipinski definition) is 3. The number of likely N-dealkylation sites (N-methyl/N-ethyl adjacent to an activating group) is 1. The second-order valence-corrected chi connectivity index (χ2v) is 7.52. The summed E-state index contributed by atoms with van der Waals surface area (Å²) in [5, 5.41) is 8.28. The monoisotopic (exact) mass is 340 g/mol. The number of benzene rings is 1. The Labute approximate surface area is 147 Å². The van der Waals surface area contributed by atoms with Crippen LogP contribution in [0.25, 0.3) is 10.9 Å². The van der Waals surface area contributed by atoms with Crippen LogP contribution in [0.4, 0.5) is 0 Å². The molecule has 2 aromatic rings. The van der Waals surface area contributed by atoms with E-state index >= 15 is 0 Å². The smallest absolute Gasteiger partial charge is 0.228 e. The molecular weight excluding hydrogens is 316 g/mol. The van der Waals surface area contributed by atoms with E-state index in [1.54, 1.807) is 0 Å². The number of carbonyl (C=O) groups is 2. The van der Waals surface area contributed by atoms with E-state index in [1.165, 1.54) is 0 Å². The number of H-pyrrole nitrogens is 1. The largest absolute Gasteiger partial charge is 0.345 e. The molecule has 1 aliphatic heterocycles. The predicted molar refractivity (Wildman–Crippen MR) is 94.8 cm³/mol. The van der Waals surface area contributed by atoms with E-state index < -0.39 is 0 Å². The number of amides is 2. The summed E-state index contributed by atoms with van der Waals surface area (Å²) in [4.78, 5) is 28.4. The summed E-state index contributed by atoms with van der Waals surface area (Å²) in [6.45, 7) is 0.827. The van der Waals surface area contributed by atoms with E-state index in [1.807, 2.05) is 48.2 Å². The molecule has 0 spiro atoms. The number of aromatic nitrogens is 2. The van der Waals surface area contributed by atoms with E-state index in [0.29, 0.717) is 24.7 Å². The van der Waals surface area contributed by atoms with Crippen molar-refractivity contribution in [2.45, 2.75) is 31.7 Å². The molecule has 4 rings (SSSR count). The first kappa shape index (κ1) is 16.1. The van der Waals surface area contributed by atoms with Crippen LogP contribution in [-0.2, 0) is 16.0 Å². The number of piperidine rings is 1. The van der Waals surface area contributed by atoms with Crippen LogP contribution < -0.4 is 0 Å². The summed E-state index contributed by atoms with van der Waals surface area (Å²) >= 11 is 0. The van der Waals surface area contributed by atoms with Gasteiger partial charge in [0.15, 0.2) is 0 Å². The van der Waals surface area contributed by atoms with E-state index in [0.717, 1.165) is 36.0 Å². The maximum absolute atomic E-state index is 12.8. The van der Waals surface area contributed by atoms with Gasteiger partial charge in [0.1, 0.15) is 0 Å². The Kier molecular flexibility index (Phi) is 3.98. The van der Waals surface area contributed by atoms with Gasteiger partial charge in [0, 0.05) is 38.5 Å². The summed E-state index contributed by atoms with van der Waals surface area (Å²) in [7, 11) is 3.78. The number of aromatic amines is 1. The lowest BCUT2D eigenvalue weighted by molar-refractivity contribution is -0.135. The Balaban J connectivity index is 1.43. The molecule has 1 saturated carbocycles. The van der Waals surface area contributed by atoms with E-state index in [4.69, 9.17) is 0 Å². The van der Waals surface area contributed by atoms with Crippen LogP contribution in [-0.4, -0.2) is 58.5 Å². The maximum atomic E-state index is 12.8. The van der Waals surface area contributed by atoms with Crippen LogP contribution in [0.3, 0.4) is 0 Å². The van der Waals surface area contributed by atoms with Crippen molar-refractivity contribution < 1.29 is 9.59 Å². The van der Waals surface area contributed by atoms with Crippen LogP contribution >= 0.6 is 0 Å². The molecule has 25 heavy (non-hydrogen) atoms. The molecule has 2 aliphatic rings. The lowest BCUT2D eigenvalue weighted by Crippen LogP contribution is -2.40. The summed E-state index contributed by atoms with van der Waals surface area (Å²) in [5.41, 5.74) is 1.76. The zero-order valence-electron chi connectivity index (χ0n) is 14.7. The molecule has 6 nitrogen and oxygen atoms in total. The molecule has 1 N–H and O–H groups in total. The van der Waals surface area contributed by atoms with Crippen LogP contribution in [0.5, 0.6) is 0 Å². The van der Waals surface area contributed by atoms with Crippen molar-refractivity contribution in [1.82, 2.24) is 20.0 Å². The third kappa shape index (κ3) is 2.90. The molecule has 0 bridgehead atoms. The van der Waals surface area contributed by atoms with Gasteiger partial charge in [-0.15, -0.1) is 0 Å². The molecule has 132 valence electrons. The van der Waals surface area contributed by atoms with Crippen LogP contribution in [0.2, 0.25) is 0 Å². The van der Waals surface area contributed by atoms with Crippen molar-refractivity contribution in [3.63, 3.8) is 0 Å². The molecule has 3 atom stereocenters. The SMILES string of the molecule is CN1C[C@@H]2C[C@H](N(C)C(=O)Cc3[nH]nc4ccccc34)C[C@@H]2CC1=O. The fraction of sp³-hybridized carbons (Fsp3) is 0.526. The average Bonchev–Trinajstić information content (AvgIpc) is 3.19. The first-order valence-electron chi connectivity index (χ1n) is 8.94. The highest BCUT2D eigenvalue weighted by molar-refractivity contribution is 5.87. The highest BCUT2D eigenvalue weighted by Gasteiger charge is 2.42. The first-order chi connectivity index (χ1) is 12.0. The minimum Gasteiger partial charge on any atom is -0.345 e. The van der Waals surface area contributed by atoms with Gasteiger partial charge in [0.2, 0.25) is 11.8 Å². The Hall–Kier alpha value is -2.37. The second kappa shape index (κ2) is 6.17. The third-order valence-corrected chi connectivity index (χ3v) is 6.00. The molecule has 0 radical (unpaired) electrons. The van der Waals surface area contributed by atoms with Crippen molar-refractivity contribution in [3.05, 3.63) is 30.0 Å². The van der Waals surface area contributed by atoms with Gasteiger partial charge in [0.25, 0.3) is 0 Å². The van der Waals surface area contributed by atoms with Gasteiger partial charge in [-0.25, -0.2) is 0 Å². The number of nitrogens with zero attached hydrogens (tertiary/aromatic N) is 3. The quantitative estimate of drug-likeness (QED) is 0.927. The number of carbonyl (C=O) groups excluding carboxylic acids is 2. The molecule has 6 heteroatoms. The molecular formula is C19H24N4O2. The maximum Gasteiger partial charge on any atom is 0.228 e. The van der Waals surface area contributed by atoms with Crippen LogP contribution in [0.1, 0.15) is 25.0 Å². The van der Waals surface area contributed by atoms with Crippen molar-refractivity contribution in [2.24, 2.45) is 11.8 Å². The van der Waals surface area contributed by atoms with Crippen molar-refractivity contribution in [3.8, 4) is 0 Å². The Morgan fingerprint density at radius 1 is 1.32 bits per heavy atom. The number of para-hydroxylation sites is 1. The summed E-state index contributed by atoms with van der Waals surface area (Å²) in [6.07, 6.45) is 2.90. The number of rotatable bonds is 3. The third-order valence-electron chi connectivity index (χ3n) is 6.00. The molecule has 2 heterocycles. The molecule has 1 aromatic carbocycles. The van der Waals surface area contributed by atoms with Gasteiger partial charge < -0.3 is 9.80 Å². The first-order valence-corrected chi connectivity index (χ1v) is 8.94. The van der Waals surface area contributed by atoms with Crippen molar-refractivity contribution in [2.75, 3.05) is 20.6 Å². The highest BCUT2D eigenvalue weighted by atomic mass is 16.2. The van der Waals surface area contributed by atoms with Gasteiger partial charge >= 0.3 is 0 Å². The van der Waals surface area contributed by atoms with Crippen molar-refractivity contribution in [1.29, 1.82) is 0 Å². The second-order valence-electron chi connectivity index (χ2n) is 7.52. The van der Waals surface area contributed by atoms with Crippen molar-refractivity contribution >= 4 is 22.7 Å². The summed E-state index contributed by atoms with van der Waals surface area (Å²) < 4.78 is 0. The fourth-order valence-electron chi connectivity index (χ4n) is 4.43. The minimum atomic E-state index is 0.109. The molecule has 1 aliphatic carbocycles. The number of nitrogens with one attached hydrogen (secondary N) is 1. The average molecular weight is 340 g/mol. The molecule has 1 saturated heterocycles. The summed E-state index contributed by atoms with van der Waals surface area (Å²) in [6, 6.07) is 8.08. The van der Waals surface area contributed by atoms with Crippen LogP contribution in [0.15, 0.2) is 24.3 Å². The Bertz CT molecular complexity index is 815. The van der Waals surface area contributed by atoms with Gasteiger partial charge in [-0.1, -0.05) is 18.2 Å². The van der Waals surface area contributed by atoms with Gasteiger partial charge in [-0.3, -0.25) is 14.7 Å². The van der Waals surface area contributed by atoms with Crippen LogP contribution in [0, 0.1) is 11.8 Å². The normalized spacial score (nSPS) is 26.1. The topological polar surface area (TPSA) is 69.3 Å². The molecule has 0 unspecified atom stereocenters. The fourth-order valence-corrected chi connectivity index (χ4v) is 4.43. The minimum absolute atomic E-state index is 0.109. The predicted octanol–water partition coefficient (Wildman–Crippen LogP) is 1.82. The van der Waals surface area contributed by atoms with E-state index in [-0.39, 0.29) is 17.9 Å². The number of likely N-dealkylation sites (tertiary alicyclic amines) is 1. The molecule has 2 amide bonds. The van der Waals surface area contributed by atoms with E-state index in [9.17, 15) is 9.59 Å². The number of hydrogen-bond donors (Lipinski definition) is 1. The Morgan fingerprint density at radius 3 is 2.92 bits per heavy atom. The standard InChI is InChI=1S/C19H24N4O2/c1-22-11-13-8-14(7-12(13)9-18(22)24)23(2)19(25)10-17-15-5-3-4-6-16(15)20-21-17/h3-6,12-14H,7-11H2,1-2H3,(H,20,21)/t12-,13+,14-/m1/s1. The lowest BCUT2D eigenvalue weighted by atomic mass is 9.88. The highest BCUT2D eigenvalue weighted by Crippen LogP contribution is 2.40. The Morgan fingerprint density at radius 2 is 2.08 bits per heavy atom. The van der Waals surface area contributed by atoms with Gasteiger partial charge in [0.05, 0.1) is 17.6 Å².